The lowest BCUT2D eigenvalue weighted by Gasteiger charge is -2.09. The molecule has 22 heavy (non-hydrogen) atoms. The smallest absolute Gasteiger partial charge is 0.127 e. The molecule has 2 nitrogen and oxygen atoms in total. The minimum Gasteiger partial charge on any atom is -0.489 e. The largest absolute Gasteiger partial charge is 0.489 e. The van der Waals surface area contributed by atoms with Crippen molar-refractivity contribution in [2.75, 3.05) is 0 Å². The summed E-state index contributed by atoms with van der Waals surface area (Å²) < 4.78 is 11.6. The van der Waals surface area contributed by atoms with Gasteiger partial charge in [-0.1, -0.05) is 42.5 Å². The molecule has 3 rings (SSSR count). The van der Waals surface area contributed by atoms with Crippen LogP contribution in [0.15, 0.2) is 78.9 Å². The molecule has 0 saturated carbocycles. The molecule has 3 aromatic rings. The number of benzene rings is 3. The lowest BCUT2D eigenvalue weighted by atomic mass is 10.2. The molecule has 0 aliphatic heterocycles. The highest BCUT2D eigenvalue weighted by Gasteiger charge is 2.00. The van der Waals surface area contributed by atoms with Crippen LogP contribution in [0.2, 0.25) is 0 Å². The average molecular weight is 290 g/mol. The normalized spacial score (nSPS) is 10.2. The SMILES string of the molecule is Cc1cccc(Oc2ccc(OCc3ccccc3)cc2)c1. The fourth-order valence-corrected chi connectivity index (χ4v) is 2.16. The summed E-state index contributed by atoms with van der Waals surface area (Å²) in [6.07, 6.45) is 0. The number of ether oxygens (including phenoxy) is 2. The van der Waals surface area contributed by atoms with Gasteiger partial charge in [-0.3, -0.25) is 0 Å². The van der Waals surface area contributed by atoms with E-state index in [-0.39, 0.29) is 0 Å². The van der Waals surface area contributed by atoms with Gasteiger partial charge in [-0.25, -0.2) is 0 Å². The Morgan fingerprint density at radius 3 is 2.14 bits per heavy atom. The van der Waals surface area contributed by atoms with Crippen molar-refractivity contribution in [3.8, 4) is 17.2 Å². The van der Waals surface area contributed by atoms with Crippen molar-refractivity contribution in [2.24, 2.45) is 0 Å². The predicted molar refractivity (Wildman–Crippen MR) is 88.5 cm³/mol. The minimum absolute atomic E-state index is 0.568. The lowest BCUT2D eigenvalue weighted by molar-refractivity contribution is 0.306. The van der Waals surface area contributed by atoms with Gasteiger partial charge in [0.25, 0.3) is 0 Å². The van der Waals surface area contributed by atoms with E-state index in [2.05, 4.69) is 12.1 Å². The van der Waals surface area contributed by atoms with Crippen LogP contribution in [0.4, 0.5) is 0 Å². The van der Waals surface area contributed by atoms with E-state index in [9.17, 15) is 0 Å². The molecule has 0 aliphatic carbocycles. The Morgan fingerprint density at radius 2 is 1.41 bits per heavy atom. The Hall–Kier alpha value is -2.74. The van der Waals surface area contributed by atoms with E-state index in [4.69, 9.17) is 9.47 Å². The average Bonchev–Trinajstić information content (AvgIpc) is 2.55. The van der Waals surface area contributed by atoms with Crippen LogP contribution in [0.3, 0.4) is 0 Å². The molecule has 0 fully saturated rings. The Labute approximate surface area is 131 Å². The van der Waals surface area contributed by atoms with E-state index in [0.717, 1.165) is 22.8 Å². The van der Waals surface area contributed by atoms with Crippen LogP contribution >= 0.6 is 0 Å². The van der Waals surface area contributed by atoms with Gasteiger partial charge in [0.1, 0.15) is 23.9 Å². The van der Waals surface area contributed by atoms with E-state index < -0.39 is 0 Å². The van der Waals surface area contributed by atoms with E-state index in [1.165, 1.54) is 5.56 Å². The van der Waals surface area contributed by atoms with Crippen LogP contribution < -0.4 is 9.47 Å². The van der Waals surface area contributed by atoms with Crippen molar-refractivity contribution in [3.05, 3.63) is 90.0 Å². The quantitative estimate of drug-likeness (QED) is 0.629. The maximum absolute atomic E-state index is 5.82. The molecule has 0 aliphatic rings. The maximum atomic E-state index is 5.82. The highest BCUT2D eigenvalue weighted by molar-refractivity contribution is 5.36. The van der Waals surface area contributed by atoms with Gasteiger partial charge in [-0.05, 0) is 54.4 Å². The first-order valence-electron chi connectivity index (χ1n) is 7.31. The van der Waals surface area contributed by atoms with E-state index in [0.29, 0.717) is 6.61 Å². The predicted octanol–water partition coefficient (Wildman–Crippen LogP) is 5.37. The zero-order valence-electron chi connectivity index (χ0n) is 12.5. The molecular formula is C20H18O2. The minimum atomic E-state index is 0.568. The summed E-state index contributed by atoms with van der Waals surface area (Å²) >= 11 is 0. The Morgan fingerprint density at radius 1 is 0.682 bits per heavy atom. The third-order valence-electron chi connectivity index (χ3n) is 3.30. The molecule has 110 valence electrons. The van der Waals surface area contributed by atoms with E-state index in [1.54, 1.807) is 0 Å². The molecule has 0 saturated heterocycles. The fourth-order valence-electron chi connectivity index (χ4n) is 2.16. The van der Waals surface area contributed by atoms with Gasteiger partial charge in [-0.2, -0.15) is 0 Å². The summed E-state index contributed by atoms with van der Waals surface area (Å²) in [6, 6.07) is 25.8. The second kappa shape index (κ2) is 6.81. The number of hydrogen-bond donors (Lipinski definition) is 0. The second-order valence-corrected chi connectivity index (χ2v) is 5.16. The molecule has 0 amide bonds. The first-order valence-corrected chi connectivity index (χ1v) is 7.31. The standard InChI is InChI=1S/C20H18O2/c1-16-6-5-9-20(14-16)22-19-12-10-18(11-13-19)21-15-17-7-3-2-4-8-17/h2-14H,15H2,1H3. The molecule has 0 atom stereocenters. The molecule has 3 aromatic carbocycles. The van der Waals surface area contributed by atoms with Crippen molar-refractivity contribution in [2.45, 2.75) is 13.5 Å². The summed E-state index contributed by atoms with van der Waals surface area (Å²) in [5.74, 6) is 2.48. The van der Waals surface area contributed by atoms with Crippen molar-refractivity contribution in [3.63, 3.8) is 0 Å². The van der Waals surface area contributed by atoms with E-state index in [1.807, 2.05) is 73.7 Å². The Kier molecular flexibility index (Phi) is 4.40. The Balaban J connectivity index is 1.60. The van der Waals surface area contributed by atoms with Gasteiger partial charge in [-0.15, -0.1) is 0 Å². The maximum Gasteiger partial charge on any atom is 0.127 e. The molecular weight excluding hydrogens is 272 g/mol. The van der Waals surface area contributed by atoms with Crippen molar-refractivity contribution >= 4 is 0 Å². The first kappa shape index (κ1) is 14.2. The number of rotatable bonds is 5. The highest BCUT2D eigenvalue weighted by atomic mass is 16.5. The third-order valence-corrected chi connectivity index (χ3v) is 3.30. The summed E-state index contributed by atoms with van der Waals surface area (Å²) in [5, 5.41) is 0. The molecule has 0 bridgehead atoms. The second-order valence-electron chi connectivity index (χ2n) is 5.16. The van der Waals surface area contributed by atoms with Crippen LogP contribution in [0, 0.1) is 6.92 Å². The molecule has 0 N–H and O–H groups in total. The number of hydrogen-bond acceptors (Lipinski definition) is 2. The van der Waals surface area contributed by atoms with Gasteiger partial charge >= 0.3 is 0 Å². The lowest BCUT2D eigenvalue weighted by Crippen LogP contribution is -1.94. The summed E-state index contributed by atoms with van der Waals surface area (Å²) in [7, 11) is 0. The summed E-state index contributed by atoms with van der Waals surface area (Å²) in [5.41, 5.74) is 2.34. The molecule has 0 spiro atoms. The molecule has 0 heterocycles. The summed E-state index contributed by atoms with van der Waals surface area (Å²) in [6.45, 7) is 2.62. The monoisotopic (exact) mass is 290 g/mol. The van der Waals surface area contributed by atoms with Crippen molar-refractivity contribution < 1.29 is 9.47 Å². The van der Waals surface area contributed by atoms with Crippen LogP contribution in [-0.2, 0) is 6.61 Å². The van der Waals surface area contributed by atoms with Crippen LogP contribution in [0.5, 0.6) is 17.2 Å². The highest BCUT2D eigenvalue weighted by Crippen LogP contribution is 2.24. The van der Waals surface area contributed by atoms with Gasteiger partial charge in [0.2, 0.25) is 0 Å². The molecule has 0 radical (unpaired) electrons. The summed E-state index contributed by atoms with van der Waals surface area (Å²) in [4.78, 5) is 0. The fraction of sp³-hybridized carbons (Fsp3) is 0.100. The molecule has 2 heteroatoms. The van der Waals surface area contributed by atoms with Crippen LogP contribution in [-0.4, -0.2) is 0 Å². The number of aryl methyl sites for hydroxylation is 1. The van der Waals surface area contributed by atoms with Gasteiger partial charge in [0.15, 0.2) is 0 Å². The van der Waals surface area contributed by atoms with Gasteiger partial charge in [0, 0.05) is 0 Å². The zero-order chi connectivity index (χ0) is 15.2. The first-order chi connectivity index (χ1) is 10.8. The molecule has 0 aromatic heterocycles. The molecule has 0 unspecified atom stereocenters. The van der Waals surface area contributed by atoms with Gasteiger partial charge < -0.3 is 9.47 Å². The van der Waals surface area contributed by atoms with Gasteiger partial charge in [0.05, 0.1) is 0 Å². The van der Waals surface area contributed by atoms with Crippen molar-refractivity contribution in [1.82, 2.24) is 0 Å². The van der Waals surface area contributed by atoms with Crippen LogP contribution in [0.1, 0.15) is 11.1 Å². The zero-order valence-corrected chi connectivity index (χ0v) is 12.5. The third kappa shape index (κ3) is 3.89. The Bertz CT molecular complexity index is 718. The topological polar surface area (TPSA) is 18.5 Å². The van der Waals surface area contributed by atoms with E-state index >= 15 is 0 Å². The van der Waals surface area contributed by atoms with Crippen molar-refractivity contribution in [1.29, 1.82) is 0 Å². The van der Waals surface area contributed by atoms with Crippen LogP contribution in [0.25, 0.3) is 0 Å².